The van der Waals surface area contributed by atoms with Gasteiger partial charge in [0, 0.05) is 12.1 Å². The van der Waals surface area contributed by atoms with Crippen LogP contribution in [0.25, 0.3) is 0 Å². The summed E-state index contributed by atoms with van der Waals surface area (Å²) in [7, 11) is 0. The van der Waals surface area contributed by atoms with Crippen LogP contribution < -0.4 is 11.1 Å². The first-order valence-electron chi connectivity index (χ1n) is 7.52. The van der Waals surface area contributed by atoms with Crippen LogP contribution in [0.5, 0.6) is 0 Å². The monoisotopic (exact) mass is 411 g/mol. The highest BCUT2D eigenvalue weighted by Crippen LogP contribution is 2.34. The number of nitro benzene ring substituents is 1. The Morgan fingerprint density at radius 3 is 2.59 bits per heavy atom. The largest absolute Gasteiger partial charge is 0.462 e. The lowest BCUT2D eigenvalue weighted by Gasteiger charge is -2.06. The second-order valence-corrected chi connectivity index (χ2v) is 6.65. The van der Waals surface area contributed by atoms with E-state index in [1.807, 2.05) is 0 Å². The molecule has 1 aromatic carbocycles. The van der Waals surface area contributed by atoms with Crippen LogP contribution in [0.4, 0.5) is 10.7 Å². The third-order valence-corrected chi connectivity index (χ3v) is 5.00. The van der Waals surface area contributed by atoms with Crippen molar-refractivity contribution in [2.45, 2.75) is 13.8 Å². The zero-order valence-corrected chi connectivity index (χ0v) is 15.8. The van der Waals surface area contributed by atoms with Gasteiger partial charge in [0.15, 0.2) is 0 Å². The zero-order valence-electron chi connectivity index (χ0n) is 14.2. The maximum Gasteiger partial charge on any atom is 0.348 e. The number of benzene rings is 1. The molecule has 0 unspecified atom stereocenters. The van der Waals surface area contributed by atoms with E-state index in [1.54, 1.807) is 6.92 Å². The molecule has 0 bridgehead atoms. The Balaban J connectivity index is 2.45. The highest BCUT2D eigenvalue weighted by Gasteiger charge is 2.26. The number of hydrogen-bond acceptors (Lipinski definition) is 7. The lowest BCUT2D eigenvalue weighted by atomic mass is 10.1. The van der Waals surface area contributed by atoms with Gasteiger partial charge in [-0.3, -0.25) is 19.7 Å². The summed E-state index contributed by atoms with van der Waals surface area (Å²) < 4.78 is 4.92. The number of thiophene rings is 1. The summed E-state index contributed by atoms with van der Waals surface area (Å²) in [6.07, 6.45) is 0. The molecule has 0 aliphatic rings. The maximum atomic E-state index is 12.5. The normalized spacial score (nSPS) is 10.3. The molecular weight excluding hydrogens is 398 g/mol. The van der Waals surface area contributed by atoms with E-state index in [9.17, 15) is 24.5 Å². The topological polar surface area (TPSA) is 142 Å². The highest BCUT2D eigenvalue weighted by atomic mass is 35.5. The summed E-state index contributed by atoms with van der Waals surface area (Å²) in [4.78, 5) is 46.6. The molecule has 3 N–H and O–H groups in total. The predicted octanol–water partition coefficient (Wildman–Crippen LogP) is 3.15. The van der Waals surface area contributed by atoms with Crippen molar-refractivity contribution < 1.29 is 24.0 Å². The number of carbonyl (C=O) groups excluding carboxylic acids is 3. The Morgan fingerprint density at radius 2 is 2.04 bits per heavy atom. The fourth-order valence-corrected chi connectivity index (χ4v) is 3.57. The molecule has 9 nitrogen and oxygen atoms in total. The number of anilines is 1. The Hall–Kier alpha value is -2.98. The summed E-state index contributed by atoms with van der Waals surface area (Å²) in [5.41, 5.74) is 5.10. The molecule has 0 radical (unpaired) electrons. The second kappa shape index (κ2) is 8.14. The predicted molar refractivity (Wildman–Crippen MR) is 99.6 cm³/mol. The molecule has 0 fully saturated rings. The van der Waals surface area contributed by atoms with Crippen LogP contribution in [-0.4, -0.2) is 29.3 Å². The van der Waals surface area contributed by atoms with Crippen molar-refractivity contribution in [3.8, 4) is 0 Å². The van der Waals surface area contributed by atoms with Gasteiger partial charge in [-0.2, -0.15) is 0 Å². The molecule has 0 spiro atoms. The second-order valence-electron chi connectivity index (χ2n) is 5.22. The number of non-ortho nitro benzene ring substituents is 1. The van der Waals surface area contributed by atoms with Crippen LogP contribution in [0.15, 0.2) is 18.2 Å². The first kappa shape index (κ1) is 20.3. The molecule has 0 saturated heterocycles. The molecule has 1 heterocycles. The fraction of sp³-hybridized carbons (Fsp3) is 0.188. The number of halogens is 1. The Bertz CT molecular complexity index is 956. The number of nitro groups is 1. The van der Waals surface area contributed by atoms with E-state index in [0.29, 0.717) is 0 Å². The third kappa shape index (κ3) is 4.23. The molecule has 1 aromatic heterocycles. The van der Waals surface area contributed by atoms with Crippen molar-refractivity contribution in [1.29, 1.82) is 0 Å². The number of carbonyl (C=O) groups is 3. The van der Waals surface area contributed by atoms with Crippen LogP contribution in [0, 0.1) is 17.0 Å². The summed E-state index contributed by atoms with van der Waals surface area (Å²) in [6.45, 7) is 3.26. The molecule has 0 saturated carbocycles. The number of ether oxygens (including phenoxy) is 1. The first-order chi connectivity index (χ1) is 12.7. The van der Waals surface area contributed by atoms with E-state index < -0.39 is 22.7 Å². The Morgan fingerprint density at radius 1 is 1.37 bits per heavy atom. The van der Waals surface area contributed by atoms with E-state index >= 15 is 0 Å². The van der Waals surface area contributed by atoms with Crippen molar-refractivity contribution in [2.24, 2.45) is 5.73 Å². The molecule has 27 heavy (non-hydrogen) atoms. The Labute approximate surface area is 162 Å². The van der Waals surface area contributed by atoms with Gasteiger partial charge in [0.25, 0.3) is 17.5 Å². The molecule has 2 amide bonds. The molecule has 0 atom stereocenters. The van der Waals surface area contributed by atoms with Crippen LogP contribution in [0.3, 0.4) is 0 Å². The lowest BCUT2D eigenvalue weighted by Crippen LogP contribution is -2.18. The fourth-order valence-electron chi connectivity index (χ4n) is 2.26. The van der Waals surface area contributed by atoms with Crippen molar-refractivity contribution in [2.75, 3.05) is 11.9 Å². The van der Waals surface area contributed by atoms with Crippen LogP contribution in [-0.2, 0) is 4.74 Å². The minimum absolute atomic E-state index is 0.0161. The van der Waals surface area contributed by atoms with E-state index in [0.717, 1.165) is 23.5 Å². The summed E-state index contributed by atoms with van der Waals surface area (Å²) in [5, 5.41) is 13.3. The third-order valence-electron chi connectivity index (χ3n) is 3.49. The average Bonchev–Trinajstić information content (AvgIpc) is 2.91. The van der Waals surface area contributed by atoms with Crippen molar-refractivity contribution in [3.05, 3.63) is 54.9 Å². The van der Waals surface area contributed by atoms with Crippen molar-refractivity contribution >= 4 is 51.4 Å². The summed E-state index contributed by atoms with van der Waals surface area (Å²) in [5.74, 6) is -2.29. The number of nitrogens with one attached hydrogen (secondary N) is 1. The zero-order chi connectivity index (χ0) is 20.3. The van der Waals surface area contributed by atoms with E-state index in [-0.39, 0.29) is 43.9 Å². The maximum absolute atomic E-state index is 12.5. The quantitative estimate of drug-likeness (QED) is 0.424. The van der Waals surface area contributed by atoms with Gasteiger partial charge in [-0.25, -0.2) is 4.79 Å². The van der Waals surface area contributed by atoms with Crippen LogP contribution in [0.2, 0.25) is 5.02 Å². The van der Waals surface area contributed by atoms with Crippen LogP contribution in [0.1, 0.15) is 42.9 Å². The summed E-state index contributed by atoms with van der Waals surface area (Å²) in [6, 6.07) is 3.38. The van der Waals surface area contributed by atoms with Gasteiger partial charge in [-0.1, -0.05) is 11.6 Å². The molecule has 0 aliphatic heterocycles. The van der Waals surface area contributed by atoms with Crippen molar-refractivity contribution in [1.82, 2.24) is 0 Å². The van der Waals surface area contributed by atoms with Gasteiger partial charge in [-0.05, 0) is 25.5 Å². The molecule has 2 aromatic rings. The molecule has 0 aliphatic carbocycles. The number of esters is 1. The van der Waals surface area contributed by atoms with E-state index in [4.69, 9.17) is 22.1 Å². The van der Waals surface area contributed by atoms with Gasteiger partial charge >= 0.3 is 5.97 Å². The van der Waals surface area contributed by atoms with Gasteiger partial charge in [-0.15, -0.1) is 11.3 Å². The number of rotatable bonds is 6. The smallest absolute Gasteiger partial charge is 0.348 e. The number of nitrogens with two attached hydrogens (primary N) is 1. The average molecular weight is 412 g/mol. The molecule has 11 heteroatoms. The van der Waals surface area contributed by atoms with E-state index in [1.165, 1.54) is 13.0 Å². The standard InChI is InChI=1S/C16H14ClN3O6S/c1-3-26-16(23)12-7(2)11(13(18)21)15(27-12)19-14(22)9-6-8(20(24)25)4-5-10(9)17/h4-6H,3H2,1-2H3,(H2,18,21)(H,19,22). The first-order valence-corrected chi connectivity index (χ1v) is 8.72. The minimum Gasteiger partial charge on any atom is -0.462 e. The Kier molecular flexibility index (Phi) is 6.13. The van der Waals surface area contributed by atoms with Crippen molar-refractivity contribution in [3.63, 3.8) is 0 Å². The highest BCUT2D eigenvalue weighted by molar-refractivity contribution is 7.18. The van der Waals surface area contributed by atoms with Gasteiger partial charge in [0.2, 0.25) is 0 Å². The number of primary amides is 1. The number of hydrogen-bond donors (Lipinski definition) is 2. The van der Waals surface area contributed by atoms with Gasteiger partial charge in [0.05, 0.1) is 27.7 Å². The molecule has 142 valence electrons. The SMILES string of the molecule is CCOC(=O)c1sc(NC(=O)c2cc([N+](=O)[O-])ccc2Cl)c(C(N)=O)c1C. The van der Waals surface area contributed by atoms with Gasteiger partial charge in [0.1, 0.15) is 9.88 Å². The number of amides is 2. The van der Waals surface area contributed by atoms with Gasteiger partial charge < -0.3 is 15.8 Å². The van der Waals surface area contributed by atoms with Crippen LogP contribution >= 0.6 is 22.9 Å². The molecule has 2 rings (SSSR count). The minimum atomic E-state index is -0.847. The number of nitrogens with zero attached hydrogens (tertiary/aromatic N) is 1. The molecular formula is C16H14ClN3O6S. The summed E-state index contributed by atoms with van der Waals surface area (Å²) >= 11 is 6.76. The lowest BCUT2D eigenvalue weighted by molar-refractivity contribution is -0.384. The van der Waals surface area contributed by atoms with E-state index in [2.05, 4.69) is 5.32 Å².